The molecule has 1 N–H and O–H groups in total. The van der Waals surface area contributed by atoms with Gasteiger partial charge in [-0.25, -0.2) is 13.2 Å². The van der Waals surface area contributed by atoms with Crippen molar-refractivity contribution in [3.8, 4) is 0 Å². The molecule has 1 aromatic carbocycles. The zero-order valence-corrected chi connectivity index (χ0v) is 15.1. The molecule has 1 unspecified atom stereocenters. The van der Waals surface area contributed by atoms with E-state index in [0.717, 1.165) is 31.9 Å². The minimum Gasteiger partial charge on any atom is -0.307 e. The van der Waals surface area contributed by atoms with E-state index in [4.69, 9.17) is 0 Å². The van der Waals surface area contributed by atoms with Gasteiger partial charge in [0.05, 0.1) is 15.8 Å². The Morgan fingerprint density at radius 2 is 1.92 bits per heavy atom. The van der Waals surface area contributed by atoms with Crippen LogP contribution in [0.3, 0.4) is 0 Å². The van der Waals surface area contributed by atoms with Crippen molar-refractivity contribution < 1.29 is 8.42 Å². The largest absolute Gasteiger partial charge is 0.328 e. The zero-order valence-electron chi connectivity index (χ0n) is 14.3. The van der Waals surface area contributed by atoms with Gasteiger partial charge in [0, 0.05) is 12.8 Å². The highest BCUT2D eigenvalue weighted by molar-refractivity contribution is 7.90. The topological polar surface area (TPSA) is 89.0 Å². The molecule has 0 aliphatic heterocycles. The quantitative estimate of drug-likeness (QED) is 0.828. The standard InChI is InChI=1S/C17H24N2O4S/c1-4-6-7-12(5-2)11-19-16(20)14-10-13(24(3,22)23)8-9-15(14)18-17(19)21/h8-10,12H,4-7,11H2,1-3H3,(H,18,21). The fourth-order valence-electron chi connectivity index (χ4n) is 2.80. The van der Waals surface area contributed by atoms with Crippen molar-refractivity contribution in [3.05, 3.63) is 39.0 Å². The molecular formula is C17H24N2O4S. The Balaban J connectivity index is 2.54. The van der Waals surface area contributed by atoms with E-state index in [0.29, 0.717) is 12.1 Å². The molecule has 0 amide bonds. The summed E-state index contributed by atoms with van der Waals surface area (Å²) < 4.78 is 24.6. The lowest BCUT2D eigenvalue weighted by molar-refractivity contribution is 0.379. The number of hydrogen-bond donors (Lipinski definition) is 1. The highest BCUT2D eigenvalue weighted by Crippen LogP contribution is 2.16. The van der Waals surface area contributed by atoms with Crippen LogP contribution in [0.25, 0.3) is 10.9 Å². The SMILES string of the molecule is CCCCC(CC)Cn1c(=O)[nH]c2ccc(S(C)(=O)=O)cc2c1=O. The minimum atomic E-state index is -3.41. The Morgan fingerprint density at radius 3 is 2.50 bits per heavy atom. The molecule has 0 saturated carbocycles. The molecule has 7 heteroatoms. The number of sulfone groups is 1. The molecule has 1 aromatic heterocycles. The molecule has 0 saturated heterocycles. The second-order valence-corrected chi connectivity index (χ2v) is 8.26. The van der Waals surface area contributed by atoms with Crippen LogP contribution in [0.4, 0.5) is 0 Å². The molecule has 0 bridgehead atoms. The normalized spacial score (nSPS) is 13.3. The number of unbranched alkanes of at least 4 members (excludes halogenated alkanes) is 1. The molecule has 0 radical (unpaired) electrons. The summed E-state index contributed by atoms with van der Waals surface area (Å²) in [6.45, 7) is 4.50. The Bertz CT molecular complexity index is 941. The average Bonchev–Trinajstić information content (AvgIpc) is 2.53. The van der Waals surface area contributed by atoms with Gasteiger partial charge >= 0.3 is 5.69 Å². The number of rotatable bonds is 7. The number of nitrogens with zero attached hydrogens (tertiary/aromatic N) is 1. The highest BCUT2D eigenvalue weighted by atomic mass is 32.2. The summed E-state index contributed by atoms with van der Waals surface area (Å²) in [5, 5.41) is 0.225. The fraction of sp³-hybridized carbons (Fsp3) is 0.529. The lowest BCUT2D eigenvalue weighted by Gasteiger charge is -2.15. The van der Waals surface area contributed by atoms with E-state index in [9.17, 15) is 18.0 Å². The molecule has 24 heavy (non-hydrogen) atoms. The smallest absolute Gasteiger partial charge is 0.307 e. The lowest BCUT2D eigenvalue weighted by atomic mass is 9.99. The Hall–Kier alpha value is -1.89. The third-order valence-electron chi connectivity index (χ3n) is 4.37. The van der Waals surface area contributed by atoms with Crippen LogP contribution in [-0.2, 0) is 16.4 Å². The third kappa shape index (κ3) is 3.95. The number of aromatic nitrogens is 2. The summed E-state index contributed by atoms with van der Waals surface area (Å²) >= 11 is 0. The summed E-state index contributed by atoms with van der Waals surface area (Å²) in [6.07, 6.45) is 5.05. The summed E-state index contributed by atoms with van der Waals surface area (Å²) in [6, 6.07) is 4.20. The van der Waals surface area contributed by atoms with Gasteiger partial charge in [0.2, 0.25) is 0 Å². The Morgan fingerprint density at radius 1 is 1.21 bits per heavy atom. The number of H-pyrrole nitrogens is 1. The van der Waals surface area contributed by atoms with E-state index in [2.05, 4.69) is 11.9 Å². The van der Waals surface area contributed by atoms with Gasteiger partial charge in [-0.3, -0.25) is 9.36 Å². The van der Waals surface area contributed by atoms with E-state index >= 15 is 0 Å². The summed E-state index contributed by atoms with van der Waals surface area (Å²) in [5.74, 6) is 0.249. The van der Waals surface area contributed by atoms with Crippen molar-refractivity contribution in [1.82, 2.24) is 9.55 Å². The molecule has 1 heterocycles. The van der Waals surface area contributed by atoms with E-state index in [1.807, 2.05) is 6.92 Å². The van der Waals surface area contributed by atoms with Gasteiger partial charge in [-0.05, 0) is 30.5 Å². The van der Waals surface area contributed by atoms with Crippen LogP contribution in [-0.4, -0.2) is 24.2 Å². The van der Waals surface area contributed by atoms with Gasteiger partial charge in [0.15, 0.2) is 9.84 Å². The van der Waals surface area contributed by atoms with Crippen molar-refractivity contribution in [2.45, 2.75) is 51.0 Å². The number of hydrogen-bond acceptors (Lipinski definition) is 4. The van der Waals surface area contributed by atoms with Crippen LogP contribution >= 0.6 is 0 Å². The first kappa shape index (κ1) is 18.4. The molecule has 0 aliphatic rings. The maximum absolute atomic E-state index is 12.7. The van der Waals surface area contributed by atoms with Gasteiger partial charge in [-0.1, -0.05) is 33.1 Å². The maximum atomic E-state index is 12.7. The van der Waals surface area contributed by atoms with Gasteiger partial charge < -0.3 is 4.98 Å². The molecule has 0 spiro atoms. The molecule has 2 aromatic rings. The van der Waals surface area contributed by atoms with Crippen molar-refractivity contribution >= 4 is 20.7 Å². The van der Waals surface area contributed by atoms with Gasteiger partial charge in [-0.15, -0.1) is 0 Å². The van der Waals surface area contributed by atoms with Crippen molar-refractivity contribution in [1.29, 1.82) is 0 Å². The molecule has 0 aliphatic carbocycles. The average molecular weight is 352 g/mol. The van der Waals surface area contributed by atoms with Gasteiger partial charge in [0.1, 0.15) is 0 Å². The summed E-state index contributed by atoms with van der Waals surface area (Å²) in [5.41, 5.74) is -0.529. The van der Waals surface area contributed by atoms with Crippen LogP contribution in [0.2, 0.25) is 0 Å². The van der Waals surface area contributed by atoms with Crippen LogP contribution in [0.15, 0.2) is 32.7 Å². The van der Waals surface area contributed by atoms with Crippen molar-refractivity contribution in [2.75, 3.05) is 6.26 Å². The van der Waals surface area contributed by atoms with Crippen LogP contribution in [0.1, 0.15) is 39.5 Å². The number of nitrogens with one attached hydrogen (secondary N) is 1. The van der Waals surface area contributed by atoms with Gasteiger partial charge in [-0.2, -0.15) is 0 Å². The maximum Gasteiger partial charge on any atom is 0.328 e. The first-order chi connectivity index (χ1) is 11.3. The van der Waals surface area contributed by atoms with E-state index in [1.165, 1.54) is 22.8 Å². The number of aromatic amines is 1. The monoisotopic (exact) mass is 352 g/mol. The predicted octanol–water partition coefficient (Wildman–Crippen LogP) is 2.31. The summed E-state index contributed by atoms with van der Waals surface area (Å²) in [4.78, 5) is 27.7. The van der Waals surface area contributed by atoms with Crippen molar-refractivity contribution in [3.63, 3.8) is 0 Å². The first-order valence-electron chi connectivity index (χ1n) is 8.24. The Kier molecular flexibility index (Phi) is 5.64. The zero-order chi connectivity index (χ0) is 17.9. The Labute approximate surface area is 141 Å². The van der Waals surface area contributed by atoms with Crippen LogP contribution in [0.5, 0.6) is 0 Å². The fourth-order valence-corrected chi connectivity index (χ4v) is 3.45. The van der Waals surface area contributed by atoms with Crippen LogP contribution in [0, 0.1) is 5.92 Å². The highest BCUT2D eigenvalue weighted by Gasteiger charge is 2.15. The molecule has 132 valence electrons. The predicted molar refractivity (Wildman–Crippen MR) is 95.2 cm³/mol. The minimum absolute atomic E-state index is 0.0729. The lowest BCUT2D eigenvalue weighted by Crippen LogP contribution is -2.37. The molecule has 1 atom stereocenters. The molecule has 0 fully saturated rings. The molecule has 2 rings (SSSR count). The van der Waals surface area contributed by atoms with E-state index < -0.39 is 21.1 Å². The third-order valence-corrected chi connectivity index (χ3v) is 5.48. The first-order valence-corrected chi connectivity index (χ1v) is 10.1. The number of fused-ring (bicyclic) bond motifs is 1. The van der Waals surface area contributed by atoms with Crippen molar-refractivity contribution in [2.24, 2.45) is 5.92 Å². The van der Waals surface area contributed by atoms with E-state index in [1.54, 1.807) is 0 Å². The van der Waals surface area contributed by atoms with E-state index in [-0.39, 0.29) is 16.2 Å². The second-order valence-electron chi connectivity index (χ2n) is 6.24. The second kappa shape index (κ2) is 7.34. The van der Waals surface area contributed by atoms with Gasteiger partial charge in [0.25, 0.3) is 5.56 Å². The summed E-state index contributed by atoms with van der Waals surface area (Å²) in [7, 11) is -3.41. The molecular weight excluding hydrogens is 328 g/mol. The number of benzene rings is 1. The molecule has 6 nitrogen and oxygen atoms in total. The van der Waals surface area contributed by atoms with Crippen LogP contribution < -0.4 is 11.2 Å².